The van der Waals surface area contributed by atoms with Crippen LogP contribution >= 0.6 is 34.8 Å². The van der Waals surface area contributed by atoms with Gasteiger partial charge in [0.1, 0.15) is 11.6 Å². The molecule has 4 rings (SSSR count). The van der Waals surface area contributed by atoms with Gasteiger partial charge in [-0.05, 0) is 48.0 Å². The summed E-state index contributed by atoms with van der Waals surface area (Å²) in [6, 6.07) is 14.2. The minimum absolute atomic E-state index is 0.00796. The number of rotatable bonds is 6. The van der Waals surface area contributed by atoms with Gasteiger partial charge in [-0.25, -0.2) is 9.37 Å². The Labute approximate surface area is 198 Å². The third-order valence-electron chi connectivity index (χ3n) is 4.92. The minimum Gasteiger partial charge on any atom is -0.395 e. The molecule has 1 aromatic heterocycles. The molecule has 0 amide bonds. The van der Waals surface area contributed by atoms with Gasteiger partial charge in [-0.2, -0.15) is 0 Å². The van der Waals surface area contributed by atoms with Crippen molar-refractivity contribution in [2.45, 2.75) is 6.54 Å². The molecule has 4 aromatic rings. The lowest BCUT2D eigenvalue weighted by molar-refractivity contribution is 0.292. The Bertz CT molecular complexity index is 1370. The Balaban J connectivity index is 2.01. The first kappa shape index (κ1) is 22.7. The molecule has 0 radical (unpaired) electrons. The smallest absolute Gasteiger partial charge is 0.266 e. The number of halogens is 4. The van der Waals surface area contributed by atoms with E-state index < -0.39 is 11.4 Å². The zero-order valence-corrected chi connectivity index (χ0v) is 18.8. The minimum atomic E-state index is -0.661. The van der Waals surface area contributed by atoms with E-state index in [1.54, 1.807) is 36.4 Å². The van der Waals surface area contributed by atoms with E-state index in [9.17, 15) is 9.18 Å². The van der Waals surface area contributed by atoms with Crippen molar-refractivity contribution in [2.75, 3.05) is 13.2 Å². The molecule has 0 aliphatic carbocycles. The van der Waals surface area contributed by atoms with Crippen LogP contribution in [0.2, 0.25) is 15.1 Å². The number of benzene rings is 3. The van der Waals surface area contributed by atoms with E-state index in [4.69, 9.17) is 39.9 Å². The highest BCUT2D eigenvalue weighted by Gasteiger charge is 2.19. The highest BCUT2D eigenvalue weighted by molar-refractivity contribution is 6.34. The van der Waals surface area contributed by atoms with Crippen molar-refractivity contribution in [2.24, 2.45) is 0 Å². The molecule has 1 heterocycles. The average molecular weight is 493 g/mol. The van der Waals surface area contributed by atoms with Crippen molar-refractivity contribution in [1.82, 2.24) is 14.9 Å². The molecule has 0 atom stereocenters. The van der Waals surface area contributed by atoms with Crippen LogP contribution in [0.3, 0.4) is 0 Å². The number of fused-ring (bicyclic) bond motifs is 1. The molecule has 0 spiro atoms. The second-order valence-electron chi connectivity index (χ2n) is 7.01. The third kappa shape index (κ3) is 4.37. The van der Waals surface area contributed by atoms with Crippen LogP contribution in [0.1, 0.15) is 5.56 Å². The maximum atomic E-state index is 14.3. The lowest BCUT2D eigenvalue weighted by Crippen LogP contribution is -2.22. The molecular weight excluding hydrogens is 476 g/mol. The van der Waals surface area contributed by atoms with Gasteiger partial charge >= 0.3 is 0 Å². The van der Waals surface area contributed by atoms with Gasteiger partial charge in [0.25, 0.3) is 5.56 Å². The SMILES string of the molecule is O=c1c2ccc(Cl)cc2nc(-c2cccc(CNCCO)c2Cl)n1-c1ccc(Cl)c(F)c1. The summed E-state index contributed by atoms with van der Waals surface area (Å²) in [5, 5.41) is 13.2. The van der Waals surface area contributed by atoms with E-state index in [0.717, 1.165) is 5.56 Å². The Hall–Kier alpha value is -2.48. The van der Waals surface area contributed by atoms with Crippen LogP contribution in [0.5, 0.6) is 0 Å². The molecule has 0 saturated carbocycles. The molecule has 9 heteroatoms. The first-order chi connectivity index (χ1) is 15.4. The van der Waals surface area contributed by atoms with Crippen molar-refractivity contribution in [3.05, 3.63) is 91.4 Å². The topological polar surface area (TPSA) is 67.2 Å². The van der Waals surface area contributed by atoms with Gasteiger partial charge < -0.3 is 10.4 Å². The molecule has 32 heavy (non-hydrogen) atoms. The van der Waals surface area contributed by atoms with Gasteiger partial charge in [-0.15, -0.1) is 0 Å². The van der Waals surface area contributed by atoms with Crippen molar-refractivity contribution >= 4 is 45.7 Å². The zero-order valence-electron chi connectivity index (χ0n) is 16.6. The largest absolute Gasteiger partial charge is 0.395 e. The molecule has 0 unspecified atom stereocenters. The Morgan fingerprint density at radius 2 is 1.88 bits per heavy atom. The number of hydrogen-bond donors (Lipinski definition) is 2. The van der Waals surface area contributed by atoms with Crippen LogP contribution < -0.4 is 10.9 Å². The Morgan fingerprint density at radius 3 is 2.62 bits per heavy atom. The normalized spacial score (nSPS) is 11.3. The fraction of sp³-hybridized carbons (Fsp3) is 0.130. The molecule has 0 aliphatic rings. The molecule has 0 aliphatic heterocycles. The van der Waals surface area contributed by atoms with Crippen LogP contribution in [0.15, 0.2) is 59.4 Å². The summed E-state index contributed by atoms with van der Waals surface area (Å²) in [6.45, 7) is 0.806. The highest BCUT2D eigenvalue weighted by Crippen LogP contribution is 2.32. The predicted molar refractivity (Wildman–Crippen MR) is 127 cm³/mol. The zero-order chi connectivity index (χ0) is 22.8. The highest BCUT2D eigenvalue weighted by atomic mass is 35.5. The Morgan fingerprint density at radius 1 is 1.06 bits per heavy atom. The molecule has 164 valence electrons. The number of aliphatic hydroxyl groups excluding tert-OH is 1. The fourth-order valence-electron chi connectivity index (χ4n) is 3.39. The summed E-state index contributed by atoms with van der Waals surface area (Å²) in [6.07, 6.45) is 0. The Kier molecular flexibility index (Phi) is 6.79. The van der Waals surface area contributed by atoms with E-state index in [0.29, 0.717) is 39.6 Å². The average Bonchev–Trinajstić information content (AvgIpc) is 2.77. The van der Waals surface area contributed by atoms with E-state index >= 15 is 0 Å². The lowest BCUT2D eigenvalue weighted by Gasteiger charge is -2.17. The van der Waals surface area contributed by atoms with Crippen LogP contribution in [-0.2, 0) is 6.54 Å². The molecule has 0 bridgehead atoms. The van der Waals surface area contributed by atoms with E-state index in [2.05, 4.69) is 10.3 Å². The van der Waals surface area contributed by atoms with E-state index in [1.807, 2.05) is 6.07 Å². The maximum absolute atomic E-state index is 14.3. The summed E-state index contributed by atoms with van der Waals surface area (Å²) < 4.78 is 15.6. The van der Waals surface area contributed by atoms with Crippen LogP contribution in [0, 0.1) is 5.82 Å². The number of nitrogens with one attached hydrogen (secondary N) is 1. The van der Waals surface area contributed by atoms with Crippen molar-refractivity contribution in [1.29, 1.82) is 0 Å². The molecule has 0 saturated heterocycles. The number of aliphatic hydroxyl groups is 1. The van der Waals surface area contributed by atoms with Gasteiger partial charge in [0, 0.05) is 23.7 Å². The predicted octanol–water partition coefficient (Wildman–Crippen LogP) is 5.23. The molecule has 0 fully saturated rings. The summed E-state index contributed by atoms with van der Waals surface area (Å²) in [7, 11) is 0. The second-order valence-corrected chi connectivity index (χ2v) is 8.24. The standard InChI is InChI=1S/C23H17Cl3FN3O2/c24-14-4-6-16-20(10-14)29-22(17-3-1-2-13(21(17)26)12-28-8-9-31)30(23(16)32)15-5-7-18(25)19(27)11-15/h1-7,10-11,28,31H,8-9,12H2. The summed E-state index contributed by atoms with van der Waals surface area (Å²) in [4.78, 5) is 18.2. The molecule has 5 nitrogen and oxygen atoms in total. The lowest BCUT2D eigenvalue weighted by atomic mass is 10.1. The monoisotopic (exact) mass is 491 g/mol. The molecular formula is C23H17Cl3FN3O2. The maximum Gasteiger partial charge on any atom is 0.266 e. The number of aromatic nitrogens is 2. The van der Waals surface area contributed by atoms with Crippen molar-refractivity contribution in [3.63, 3.8) is 0 Å². The van der Waals surface area contributed by atoms with Crippen LogP contribution in [0.25, 0.3) is 28.0 Å². The first-order valence-electron chi connectivity index (χ1n) is 9.68. The van der Waals surface area contributed by atoms with Gasteiger partial charge in [-0.1, -0.05) is 46.9 Å². The number of hydrogen-bond acceptors (Lipinski definition) is 4. The summed E-state index contributed by atoms with van der Waals surface area (Å²) in [5.41, 5.74) is 1.50. The van der Waals surface area contributed by atoms with E-state index in [-0.39, 0.29) is 23.1 Å². The van der Waals surface area contributed by atoms with Gasteiger partial charge in [0.2, 0.25) is 0 Å². The van der Waals surface area contributed by atoms with E-state index in [1.165, 1.54) is 16.7 Å². The van der Waals surface area contributed by atoms with Crippen molar-refractivity contribution in [3.8, 4) is 17.1 Å². The summed E-state index contributed by atoms with van der Waals surface area (Å²) >= 11 is 18.7. The van der Waals surface area contributed by atoms with Crippen molar-refractivity contribution < 1.29 is 9.50 Å². The van der Waals surface area contributed by atoms with Gasteiger partial charge in [-0.3, -0.25) is 9.36 Å². The van der Waals surface area contributed by atoms with Gasteiger partial charge in [0.15, 0.2) is 0 Å². The van der Waals surface area contributed by atoms with Gasteiger partial charge in [0.05, 0.1) is 33.2 Å². The fourth-order valence-corrected chi connectivity index (χ4v) is 3.96. The second kappa shape index (κ2) is 9.57. The third-order valence-corrected chi connectivity index (χ3v) is 5.90. The number of nitrogens with zero attached hydrogens (tertiary/aromatic N) is 2. The quantitative estimate of drug-likeness (QED) is 0.362. The molecule has 2 N–H and O–H groups in total. The molecule has 3 aromatic carbocycles. The first-order valence-corrected chi connectivity index (χ1v) is 10.8. The summed E-state index contributed by atoms with van der Waals surface area (Å²) in [5.74, 6) is -0.424. The van der Waals surface area contributed by atoms with Crippen LogP contribution in [0.4, 0.5) is 4.39 Å². The van der Waals surface area contributed by atoms with Crippen LogP contribution in [-0.4, -0.2) is 27.8 Å².